The minimum Gasteiger partial charge on any atom is -0.369 e. The molecule has 8 heteroatoms. The van der Waals surface area contributed by atoms with E-state index in [1.807, 2.05) is 36.4 Å². The molecular weight excluding hydrogens is 326 g/mol. The zero-order chi connectivity index (χ0) is 16.5. The molecule has 2 heterocycles. The topological polar surface area (TPSA) is 94.5 Å². The van der Waals surface area contributed by atoms with Crippen LogP contribution >= 0.6 is 11.6 Å². The first kappa shape index (κ1) is 14.4. The Hall–Kier alpha value is -3.19. The van der Waals surface area contributed by atoms with Gasteiger partial charge in [0.2, 0.25) is 17.8 Å². The Labute approximate surface area is 142 Å². The average molecular weight is 338 g/mol. The lowest BCUT2D eigenvalue weighted by molar-refractivity contribution is 0.926. The Morgan fingerprint density at radius 3 is 2.75 bits per heavy atom. The van der Waals surface area contributed by atoms with Crippen LogP contribution in [-0.2, 0) is 0 Å². The number of nitrogens with two attached hydrogens (primary N) is 1. The summed E-state index contributed by atoms with van der Waals surface area (Å²) in [6.07, 6.45) is 1.42. The molecule has 0 fully saturated rings. The summed E-state index contributed by atoms with van der Waals surface area (Å²) >= 11 is 5.99. The van der Waals surface area contributed by atoms with E-state index in [2.05, 4.69) is 25.3 Å². The van der Waals surface area contributed by atoms with Crippen molar-refractivity contribution in [3.8, 4) is 5.95 Å². The Balaban J connectivity index is 1.76. The van der Waals surface area contributed by atoms with Gasteiger partial charge < -0.3 is 11.1 Å². The van der Waals surface area contributed by atoms with Crippen molar-refractivity contribution in [2.75, 3.05) is 11.1 Å². The number of imidazole rings is 1. The van der Waals surface area contributed by atoms with Crippen molar-refractivity contribution >= 4 is 40.2 Å². The minimum atomic E-state index is 0.316. The van der Waals surface area contributed by atoms with E-state index in [0.29, 0.717) is 22.9 Å². The number of para-hydroxylation sites is 2. The summed E-state index contributed by atoms with van der Waals surface area (Å²) < 4.78 is 1.68. The van der Waals surface area contributed by atoms with Crippen LogP contribution in [0.4, 0.5) is 17.6 Å². The number of fused-ring (bicyclic) bond motifs is 1. The van der Waals surface area contributed by atoms with Crippen molar-refractivity contribution in [1.82, 2.24) is 24.5 Å². The molecule has 0 bridgehead atoms. The molecule has 0 amide bonds. The standard InChI is InChI=1S/C16H12ClN7/c17-10-4-3-5-11(8-10)21-15-19-9-20-16(23-15)24-13-7-2-1-6-12(13)22-14(24)18/h1-9H,(H2,18,22)(H,19,20,21,23). The number of rotatable bonds is 3. The Bertz CT molecular complexity index is 1030. The molecule has 4 aromatic rings. The van der Waals surface area contributed by atoms with E-state index in [1.165, 1.54) is 6.33 Å². The molecule has 0 saturated heterocycles. The summed E-state index contributed by atoms with van der Waals surface area (Å²) in [4.78, 5) is 17.1. The maximum absolute atomic E-state index is 6.02. The van der Waals surface area contributed by atoms with E-state index < -0.39 is 0 Å². The Morgan fingerprint density at radius 1 is 1.00 bits per heavy atom. The summed E-state index contributed by atoms with van der Waals surface area (Å²) in [5.74, 6) is 1.09. The third-order valence-corrected chi connectivity index (χ3v) is 3.66. The van der Waals surface area contributed by atoms with E-state index in [4.69, 9.17) is 17.3 Å². The molecule has 118 valence electrons. The van der Waals surface area contributed by atoms with Crippen LogP contribution in [0.1, 0.15) is 0 Å². The number of anilines is 3. The molecule has 0 aliphatic rings. The van der Waals surface area contributed by atoms with Gasteiger partial charge >= 0.3 is 0 Å². The van der Waals surface area contributed by atoms with Crippen LogP contribution in [0.5, 0.6) is 0 Å². The molecule has 2 aromatic carbocycles. The van der Waals surface area contributed by atoms with E-state index in [0.717, 1.165) is 16.7 Å². The molecule has 24 heavy (non-hydrogen) atoms. The van der Waals surface area contributed by atoms with Crippen molar-refractivity contribution < 1.29 is 0 Å². The second kappa shape index (κ2) is 5.78. The molecule has 3 N–H and O–H groups in total. The van der Waals surface area contributed by atoms with Gasteiger partial charge in [-0.2, -0.15) is 4.98 Å². The number of nitrogen functional groups attached to an aromatic ring is 1. The molecular formula is C16H12ClN7. The van der Waals surface area contributed by atoms with Gasteiger partial charge in [-0.05, 0) is 30.3 Å². The second-order valence-corrected chi connectivity index (χ2v) is 5.47. The van der Waals surface area contributed by atoms with E-state index in [1.54, 1.807) is 16.7 Å². The van der Waals surface area contributed by atoms with Crippen molar-refractivity contribution in [2.45, 2.75) is 0 Å². The number of nitrogens with one attached hydrogen (secondary N) is 1. The monoisotopic (exact) mass is 337 g/mol. The van der Waals surface area contributed by atoms with E-state index in [-0.39, 0.29) is 0 Å². The highest BCUT2D eigenvalue weighted by molar-refractivity contribution is 6.30. The third kappa shape index (κ3) is 2.61. The average Bonchev–Trinajstić information content (AvgIpc) is 2.91. The predicted octanol–water partition coefficient (Wildman–Crippen LogP) is 3.19. The quantitative estimate of drug-likeness (QED) is 0.596. The lowest BCUT2D eigenvalue weighted by atomic mass is 10.3. The van der Waals surface area contributed by atoms with Gasteiger partial charge in [0.25, 0.3) is 0 Å². The number of hydrogen-bond donors (Lipinski definition) is 2. The SMILES string of the molecule is Nc1nc2ccccc2n1-c1ncnc(Nc2cccc(Cl)c2)n1. The second-order valence-electron chi connectivity index (χ2n) is 5.04. The van der Waals surface area contributed by atoms with Crippen LogP contribution in [0.25, 0.3) is 17.0 Å². The van der Waals surface area contributed by atoms with Crippen LogP contribution < -0.4 is 11.1 Å². The Morgan fingerprint density at radius 2 is 1.88 bits per heavy atom. The number of hydrogen-bond acceptors (Lipinski definition) is 6. The molecule has 0 aliphatic heterocycles. The highest BCUT2D eigenvalue weighted by atomic mass is 35.5. The van der Waals surface area contributed by atoms with Gasteiger partial charge in [0.15, 0.2) is 0 Å². The third-order valence-electron chi connectivity index (χ3n) is 3.43. The van der Waals surface area contributed by atoms with Crippen molar-refractivity contribution in [3.05, 3.63) is 59.9 Å². The molecule has 0 saturated carbocycles. The van der Waals surface area contributed by atoms with E-state index in [9.17, 15) is 0 Å². The first-order valence-electron chi connectivity index (χ1n) is 7.16. The summed E-state index contributed by atoms with van der Waals surface area (Å²) in [5.41, 5.74) is 8.41. The lowest BCUT2D eigenvalue weighted by Gasteiger charge is -2.08. The van der Waals surface area contributed by atoms with Crippen LogP contribution in [0.2, 0.25) is 5.02 Å². The van der Waals surface area contributed by atoms with Gasteiger partial charge in [0.1, 0.15) is 6.33 Å². The molecule has 0 atom stereocenters. The zero-order valence-electron chi connectivity index (χ0n) is 12.4. The molecule has 0 aliphatic carbocycles. The van der Waals surface area contributed by atoms with Crippen LogP contribution in [0.3, 0.4) is 0 Å². The number of benzene rings is 2. The van der Waals surface area contributed by atoms with Crippen molar-refractivity contribution in [1.29, 1.82) is 0 Å². The first-order chi connectivity index (χ1) is 11.7. The molecule has 0 radical (unpaired) electrons. The maximum atomic E-state index is 6.02. The van der Waals surface area contributed by atoms with Crippen molar-refractivity contribution in [3.63, 3.8) is 0 Å². The summed E-state index contributed by atoms with van der Waals surface area (Å²) in [7, 11) is 0. The molecule has 0 spiro atoms. The summed E-state index contributed by atoms with van der Waals surface area (Å²) in [6.45, 7) is 0. The molecule has 7 nitrogen and oxygen atoms in total. The van der Waals surface area contributed by atoms with Gasteiger partial charge in [0, 0.05) is 10.7 Å². The van der Waals surface area contributed by atoms with Gasteiger partial charge in [0.05, 0.1) is 11.0 Å². The van der Waals surface area contributed by atoms with Gasteiger partial charge in [-0.1, -0.05) is 29.8 Å². The zero-order valence-corrected chi connectivity index (χ0v) is 13.1. The Kier molecular flexibility index (Phi) is 3.47. The normalized spacial score (nSPS) is 10.9. The fourth-order valence-corrected chi connectivity index (χ4v) is 2.60. The highest BCUT2D eigenvalue weighted by Crippen LogP contribution is 2.22. The van der Waals surface area contributed by atoms with Crippen LogP contribution in [0.15, 0.2) is 54.9 Å². The van der Waals surface area contributed by atoms with E-state index >= 15 is 0 Å². The molecule has 4 rings (SSSR count). The summed E-state index contributed by atoms with van der Waals surface area (Å²) in [6, 6.07) is 14.9. The number of halogens is 1. The fourth-order valence-electron chi connectivity index (χ4n) is 2.41. The van der Waals surface area contributed by atoms with Gasteiger partial charge in [-0.25, -0.2) is 19.5 Å². The van der Waals surface area contributed by atoms with Crippen molar-refractivity contribution in [2.24, 2.45) is 0 Å². The molecule has 0 unspecified atom stereocenters. The van der Waals surface area contributed by atoms with Crippen LogP contribution in [0, 0.1) is 0 Å². The fraction of sp³-hybridized carbons (Fsp3) is 0. The smallest absolute Gasteiger partial charge is 0.241 e. The summed E-state index contributed by atoms with van der Waals surface area (Å²) in [5, 5.41) is 3.72. The molecule has 2 aromatic heterocycles. The van der Waals surface area contributed by atoms with Gasteiger partial charge in [-0.3, -0.25) is 0 Å². The van der Waals surface area contributed by atoms with Gasteiger partial charge in [-0.15, -0.1) is 0 Å². The number of aromatic nitrogens is 5. The van der Waals surface area contributed by atoms with Crippen LogP contribution in [-0.4, -0.2) is 24.5 Å². The lowest BCUT2D eigenvalue weighted by Crippen LogP contribution is -2.08. The first-order valence-corrected chi connectivity index (χ1v) is 7.53. The predicted molar refractivity (Wildman–Crippen MR) is 93.6 cm³/mol. The largest absolute Gasteiger partial charge is 0.369 e. The highest BCUT2D eigenvalue weighted by Gasteiger charge is 2.12. The minimum absolute atomic E-state index is 0.316. The number of nitrogens with zero attached hydrogens (tertiary/aromatic N) is 5. The maximum Gasteiger partial charge on any atom is 0.241 e.